The number of nitrogens with zero attached hydrogens (tertiary/aromatic N) is 4. The standard InChI is InChI=1S/C20H29N5O3/c1-14(2)9-10-24-13-17(22-23-24)11-21-20(28)16-5-3-15(4-6-16)12-25-18(26)7-8-19(25)27/h7-8,13-16H,3-6,9-12H2,1-2H3,(H,21,28). The van der Waals surface area contributed by atoms with E-state index in [1.807, 2.05) is 10.9 Å². The zero-order valence-electron chi connectivity index (χ0n) is 16.6. The predicted molar refractivity (Wildman–Crippen MR) is 103 cm³/mol. The maximum atomic E-state index is 12.5. The third kappa shape index (κ3) is 5.27. The van der Waals surface area contributed by atoms with E-state index in [1.165, 1.54) is 17.1 Å². The molecule has 1 N–H and O–H groups in total. The molecule has 2 heterocycles. The number of aromatic nitrogens is 3. The van der Waals surface area contributed by atoms with Gasteiger partial charge in [-0.15, -0.1) is 5.10 Å². The first-order chi connectivity index (χ1) is 13.4. The molecule has 0 radical (unpaired) electrons. The number of rotatable bonds is 8. The van der Waals surface area contributed by atoms with Crippen LogP contribution in [-0.4, -0.2) is 44.2 Å². The number of amides is 3. The average molecular weight is 387 g/mol. The van der Waals surface area contributed by atoms with Crippen LogP contribution >= 0.6 is 0 Å². The van der Waals surface area contributed by atoms with Gasteiger partial charge in [-0.25, -0.2) is 0 Å². The Morgan fingerprint density at radius 3 is 2.50 bits per heavy atom. The van der Waals surface area contributed by atoms with Crippen LogP contribution in [0.3, 0.4) is 0 Å². The van der Waals surface area contributed by atoms with Gasteiger partial charge in [0.2, 0.25) is 5.91 Å². The molecule has 8 heteroatoms. The summed E-state index contributed by atoms with van der Waals surface area (Å²) in [5.41, 5.74) is 0.768. The Morgan fingerprint density at radius 1 is 1.18 bits per heavy atom. The van der Waals surface area contributed by atoms with E-state index >= 15 is 0 Å². The van der Waals surface area contributed by atoms with Gasteiger partial charge >= 0.3 is 0 Å². The number of carbonyl (C=O) groups is 3. The first kappa shape index (κ1) is 20.2. The first-order valence-electron chi connectivity index (χ1n) is 10.1. The summed E-state index contributed by atoms with van der Waals surface area (Å²) in [5, 5.41) is 11.2. The minimum absolute atomic E-state index is 0.0182. The molecule has 3 rings (SSSR count). The molecule has 0 atom stereocenters. The average Bonchev–Trinajstić information content (AvgIpc) is 3.26. The minimum Gasteiger partial charge on any atom is -0.350 e. The van der Waals surface area contributed by atoms with Crippen LogP contribution in [0.4, 0.5) is 0 Å². The molecule has 1 aliphatic carbocycles. The maximum Gasteiger partial charge on any atom is 0.253 e. The largest absolute Gasteiger partial charge is 0.350 e. The lowest BCUT2D eigenvalue weighted by Crippen LogP contribution is -2.38. The van der Waals surface area contributed by atoms with Gasteiger partial charge in [-0.05, 0) is 43.9 Å². The number of aryl methyl sites for hydroxylation is 1. The molecular weight excluding hydrogens is 358 g/mol. The zero-order valence-corrected chi connectivity index (χ0v) is 16.6. The highest BCUT2D eigenvalue weighted by molar-refractivity contribution is 6.12. The fourth-order valence-electron chi connectivity index (χ4n) is 3.72. The summed E-state index contributed by atoms with van der Waals surface area (Å²) in [6.45, 7) is 6.02. The Kier molecular flexibility index (Phi) is 6.59. The maximum absolute atomic E-state index is 12.5. The fraction of sp³-hybridized carbons (Fsp3) is 0.650. The summed E-state index contributed by atoms with van der Waals surface area (Å²) in [4.78, 5) is 37.1. The van der Waals surface area contributed by atoms with Crippen LogP contribution < -0.4 is 5.32 Å². The Hall–Kier alpha value is -2.51. The van der Waals surface area contributed by atoms with Crippen molar-refractivity contribution < 1.29 is 14.4 Å². The third-order valence-electron chi connectivity index (χ3n) is 5.52. The highest BCUT2D eigenvalue weighted by atomic mass is 16.2. The van der Waals surface area contributed by atoms with Gasteiger partial charge in [0.25, 0.3) is 11.8 Å². The van der Waals surface area contributed by atoms with E-state index in [0.717, 1.165) is 44.3 Å². The molecule has 2 aliphatic rings. The van der Waals surface area contributed by atoms with Crippen molar-refractivity contribution in [2.75, 3.05) is 6.54 Å². The number of carbonyl (C=O) groups excluding carboxylic acids is 3. The molecule has 0 spiro atoms. The number of hydrogen-bond acceptors (Lipinski definition) is 5. The highest BCUT2D eigenvalue weighted by Crippen LogP contribution is 2.30. The molecule has 0 unspecified atom stereocenters. The van der Waals surface area contributed by atoms with Crippen molar-refractivity contribution in [3.05, 3.63) is 24.0 Å². The molecular formula is C20H29N5O3. The van der Waals surface area contributed by atoms with Crippen LogP contribution in [0, 0.1) is 17.8 Å². The summed E-state index contributed by atoms with van der Waals surface area (Å²) in [5.74, 6) is 0.455. The lowest BCUT2D eigenvalue weighted by molar-refractivity contribution is -0.138. The molecule has 0 saturated heterocycles. The smallest absolute Gasteiger partial charge is 0.253 e. The third-order valence-corrected chi connectivity index (χ3v) is 5.52. The molecule has 1 aromatic heterocycles. The molecule has 1 saturated carbocycles. The van der Waals surface area contributed by atoms with E-state index < -0.39 is 0 Å². The van der Waals surface area contributed by atoms with E-state index in [0.29, 0.717) is 19.0 Å². The number of nitrogens with one attached hydrogen (secondary N) is 1. The Bertz CT molecular complexity index is 729. The summed E-state index contributed by atoms with van der Waals surface area (Å²) in [6, 6.07) is 0. The van der Waals surface area contributed by atoms with E-state index in [9.17, 15) is 14.4 Å². The summed E-state index contributed by atoms with van der Waals surface area (Å²) >= 11 is 0. The van der Waals surface area contributed by atoms with Crippen molar-refractivity contribution in [2.45, 2.75) is 59.0 Å². The van der Waals surface area contributed by atoms with Crippen molar-refractivity contribution in [1.82, 2.24) is 25.2 Å². The number of imide groups is 1. The summed E-state index contributed by atoms with van der Waals surface area (Å²) in [6.07, 6.45) is 8.82. The van der Waals surface area contributed by atoms with Gasteiger partial charge in [0.1, 0.15) is 5.69 Å². The second-order valence-electron chi connectivity index (χ2n) is 8.21. The number of hydrogen-bond donors (Lipinski definition) is 1. The van der Waals surface area contributed by atoms with Crippen LogP contribution in [0.25, 0.3) is 0 Å². The van der Waals surface area contributed by atoms with E-state index in [2.05, 4.69) is 29.5 Å². The van der Waals surface area contributed by atoms with Crippen LogP contribution in [0.2, 0.25) is 0 Å². The van der Waals surface area contributed by atoms with E-state index in [1.54, 1.807) is 0 Å². The fourth-order valence-corrected chi connectivity index (χ4v) is 3.72. The first-order valence-corrected chi connectivity index (χ1v) is 10.1. The minimum atomic E-state index is -0.230. The lowest BCUT2D eigenvalue weighted by atomic mass is 9.81. The van der Waals surface area contributed by atoms with Gasteiger partial charge < -0.3 is 5.32 Å². The molecule has 1 aromatic rings. The van der Waals surface area contributed by atoms with Crippen LogP contribution in [0.5, 0.6) is 0 Å². The van der Waals surface area contributed by atoms with Gasteiger partial charge in [-0.2, -0.15) is 0 Å². The van der Waals surface area contributed by atoms with Crippen LogP contribution in [0.15, 0.2) is 18.3 Å². The zero-order chi connectivity index (χ0) is 20.1. The predicted octanol–water partition coefficient (Wildman–Crippen LogP) is 1.67. The van der Waals surface area contributed by atoms with Gasteiger partial charge in [-0.1, -0.05) is 19.1 Å². The monoisotopic (exact) mass is 387 g/mol. The Balaban J connectivity index is 1.38. The molecule has 0 aromatic carbocycles. The topological polar surface area (TPSA) is 97.2 Å². The normalized spacial score (nSPS) is 22.3. The SMILES string of the molecule is CC(C)CCn1cc(CNC(=O)C2CCC(CN3C(=O)C=CC3=O)CC2)nn1. The molecule has 1 fully saturated rings. The molecule has 28 heavy (non-hydrogen) atoms. The van der Waals surface area contributed by atoms with Crippen molar-refractivity contribution in [3.63, 3.8) is 0 Å². The van der Waals surface area contributed by atoms with Crippen molar-refractivity contribution >= 4 is 17.7 Å². The van der Waals surface area contributed by atoms with Crippen molar-refractivity contribution in [3.8, 4) is 0 Å². The van der Waals surface area contributed by atoms with E-state index in [4.69, 9.17) is 0 Å². The molecule has 8 nitrogen and oxygen atoms in total. The molecule has 0 bridgehead atoms. The lowest BCUT2D eigenvalue weighted by Gasteiger charge is -2.29. The molecule has 1 aliphatic heterocycles. The van der Waals surface area contributed by atoms with Gasteiger partial charge in [0.05, 0.1) is 12.7 Å². The molecule has 3 amide bonds. The highest BCUT2D eigenvalue weighted by Gasteiger charge is 2.31. The van der Waals surface area contributed by atoms with Crippen molar-refractivity contribution in [2.24, 2.45) is 17.8 Å². The van der Waals surface area contributed by atoms with Crippen LogP contribution in [-0.2, 0) is 27.5 Å². The Morgan fingerprint density at radius 2 is 1.86 bits per heavy atom. The molecule has 152 valence electrons. The van der Waals surface area contributed by atoms with Gasteiger partial charge in [-0.3, -0.25) is 24.0 Å². The Labute approximate surface area is 165 Å². The summed E-state index contributed by atoms with van der Waals surface area (Å²) < 4.78 is 1.82. The second-order valence-corrected chi connectivity index (χ2v) is 8.21. The second kappa shape index (κ2) is 9.12. The van der Waals surface area contributed by atoms with Crippen molar-refractivity contribution in [1.29, 1.82) is 0 Å². The quantitative estimate of drug-likeness (QED) is 0.685. The van der Waals surface area contributed by atoms with Crippen LogP contribution in [0.1, 0.15) is 51.6 Å². The van der Waals surface area contributed by atoms with E-state index in [-0.39, 0.29) is 29.6 Å². The van der Waals surface area contributed by atoms with Gasteiger partial charge in [0.15, 0.2) is 0 Å². The van der Waals surface area contributed by atoms with Gasteiger partial charge in [0, 0.05) is 31.2 Å². The summed E-state index contributed by atoms with van der Waals surface area (Å²) in [7, 11) is 0.